The minimum absolute atomic E-state index is 0.0624. The minimum Gasteiger partial charge on any atom is -0.462 e. The van der Waals surface area contributed by atoms with Gasteiger partial charge in [0.05, 0.1) is 0 Å². The SMILES string of the molecule is CCCCCCCCCCCCCCC(=O)OC[C@H](COC(=O)CCCCCCCCCCCCCCCCC(C)CC)OC(=O)CCCCCCCCCCCCCC. The van der Waals surface area contributed by atoms with E-state index in [-0.39, 0.29) is 31.1 Å². The minimum atomic E-state index is -0.760. The Morgan fingerprint density at radius 2 is 0.583 bits per heavy atom. The number of esters is 3. The van der Waals surface area contributed by atoms with Crippen molar-refractivity contribution in [1.82, 2.24) is 0 Å². The topological polar surface area (TPSA) is 78.9 Å². The molecule has 0 fully saturated rings. The Hall–Kier alpha value is -1.59. The largest absolute Gasteiger partial charge is 0.462 e. The van der Waals surface area contributed by atoms with Gasteiger partial charge in [-0.15, -0.1) is 0 Å². The van der Waals surface area contributed by atoms with Crippen LogP contribution in [-0.4, -0.2) is 37.2 Å². The molecule has 0 heterocycles. The maximum absolute atomic E-state index is 12.8. The van der Waals surface area contributed by atoms with Gasteiger partial charge >= 0.3 is 17.9 Å². The molecule has 1 unspecified atom stereocenters. The molecule has 356 valence electrons. The Balaban J connectivity index is 4.26. The number of carbonyl (C=O) groups excluding carboxylic acids is 3. The molecule has 0 aliphatic carbocycles. The van der Waals surface area contributed by atoms with Gasteiger partial charge in [0.15, 0.2) is 6.10 Å². The molecule has 0 radical (unpaired) electrons. The van der Waals surface area contributed by atoms with Gasteiger partial charge in [-0.05, 0) is 25.2 Å². The molecule has 0 rings (SSSR count). The normalized spacial score (nSPS) is 12.4. The van der Waals surface area contributed by atoms with Crippen LogP contribution in [0.3, 0.4) is 0 Å². The van der Waals surface area contributed by atoms with Crippen LogP contribution in [0.2, 0.25) is 0 Å². The van der Waals surface area contributed by atoms with E-state index in [0.717, 1.165) is 63.7 Å². The number of hydrogen-bond acceptors (Lipinski definition) is 6. The Kier molecular flexibility index (Phi) is 47.2. The fourth-order valence-electron chi connectivity index (χ4n) is 8.19. The Morgan fingerprint density at radius 3 is 0.867 bits per heavy atom. The van der Waals surface area contributed by atoms with Gasteiger partial charge in [-0.25, -0.2) is 0 Å². The Bertz CT molecular complexity index is 905. The van der Waals surface area contributed by atoms with Crippen LogP contribution in [0.15, 0.2) is 0 Å². The monoisotopic (exact) mass is 849 g/mol. The van der Waals surface area contributed by atoms with E-state index in [1.165, 1.54) is 199 Å². The fourth-order valence-corrected chi connectivity index (χ4v) is 8.19. The second-order valence-electron chi connectivity index (χ2n) is 18.8. The number of rotatable bonds is 49. The van der Waals surface area contributed by atoms with Gasteiger partial charge in [-0.2, -0.15) is 0 Å². The zero-order valence-electron chi connectivity index (χ0n) is 40.9. The van der Waals surface area contributed by atoms with Crippen LogP contribution < -0.4 is 0 Å². The van der Waals surface area contributed by atoms with Crippen molar-refractivity contribution in [2.24, 2.45) is 5.92 Å². The van der Waals surface area contributed by atoms with E-state index in [4.69, 9.17) is 14.2 Å². The molecular weight excluding hydrogens is 745 g/mol. The highest BCUT2D eigenvalue weighted by Gasteiger charge is 2.19. The van der Waals surface area contributed by atoms with Gasteiger partial charge in [0, 0.05) is 19.3 Å². The first-order valence-corrected chi connectivity index (χ1v) is 26.9. The molecule has 0 aliphatic heterocycles. The van der Waals surface area contributed by atoms with Gasteiger partial charge in [-0.1, -0.05) is 265 Å². The predicted molar refractivity (Wildman–Crippen MR) is 257 cm³/mol. The lowest BCUT2D eigenvalue weighted by atomic mass is 9.99. The summed E-state index contributed by atoms with van der Waals surface area (Å²) >= 11 is 0. The molecule has 6 heteroatoms. The third kappa shape index (κ3) is 45.9. The number of hydrogen-bond donors (Lipinski definition) is 0. The lowest BCUT2D eigenvalue weighted by Crippen LogP contribution is -2.30. The summed E-state index contributed by atoms with van der Waals surface area (Å²) in [6.07, 6.45) is 50.8. The second kappa shape index (κ2) is 48.4. The van der Waals surface area contributed by atoms with Crippen LogP contribution in [0, 0.1) is 5.92 Å². The van der Waals surface area contributed by atoms with Gasteiger partial charge in [-0.3, -0.25) is 14.4 Å². The molecule has 0 aromatic heterocycles. The van der Waals surface area contributed by atoms with Gasteiger partial charge in [0.1, 0.15) is 13.2 Å². The van der Waals surface area contributed by atoms with Gasteiger partial charge in [0.25, 0.3) is 0 Å². The molecule has 0 bridgehead atoms. The molecule has 0 aromatic carbocycles. The highest BCUT2D eigenvalue weighted by atomic mass is 16.6. The van der Waals surface area contributed by atoms with E-state index < -0.39 is 6.10 Å². The van der Waals surface area contributed by atoms with Crippen molar-refractivity contribution in [3.8, 4) is 0 Å². The highest BCUT2D eigenvalue weighted by Crippen LogP contribution is 2.18. The molecule has 0 amide bonds. The van der Waals surface area contributed by atoms with E-state index in [0.29, 0.717) is 19.3 Å². The average molecular weight is 849 g/mol. The van der Waals surface area contributed by atoms with E-state index in [9.17, 15) is 14.4 Å². The third-order valence-corrected chi connectivity index (χ3v) is 12.7. The molecule has 0 aromatic rings. The summed E-state index contributed by atoms with van der Waals surface area (Å²) in [6, 6.07) is 0. The van der Waals surface area contributed by atoms with Crippen LogP contribution in [-0.2, 0) is 28.6 Å². The maximum Gasteiger partial charge on any atom is 0.306 e. The summed E-state index contributed by atoms with van der Waals surface area (Å²) in [5, 5.41) is 0. The van der Waals surface area contributed by atoms with E-state index >= 15 is 0 Å². The molecule has 60 heavy (non-hydrogen) atoms. The van der Waals surface area contributed by atoms with Crippen molar-refractivity contribution in [2.45, 2.75) is 310 Å². The van der Waals surface area contributed by atoms with Crippen molar-refractivity contribution in [3.05, 3.63) is 0 Å². The smallest absolute Gasteiger partial charge is 0.306 e. The highest BCUT2D eigenvalue weighted by molar-refractivity contribution is 5.71. The maximum atomic E-state index is 12.8. The number of ether oxygens (including phenoxy) is 3. The van der Waals surface area contributed by atoms with Crippen molar-refractivity contribution < 1.29 is 28.6 Å². The van der Waals surface area contributed by atoms with E-state index in [1.54, 1.807) is 0 Å². The molecule has 0 spiro atoms. The van der Waals surface area contributed by atoms with Crippen LogP contribution in [0.1, 0.15) is 304 Å². The fraction of sp³-hybridized carbons (Fsp3) is 0.944. The Morgan fingerprint density at radius 1 is 0.333 bits per heavy atom. The van der Waals surface area contributed by atoms with Crippen molar-refractivity contribution in [1.29, 1.82) is 0 Å². The molecule has 0 N–H and O–H groups in total. The first-order valence-electron chi connectivity index (χ1n) is 26.9. The molecule has 0 saturated carbocycles. The molecular formula is C54H104O6. The summed E-state index contributed by atoms with van der Waals surface area (Å²) in [5.74, 6) is 0.0542. The first kappa shape index (κ1) is 58.4. The average Bonchev–Trinajstić information content (AvgIpc) is 3.25. The quantitative estimate of drug-likeness (QED) is 0.0345. The third-order valence-electron chi connectivity index (χ3n) is 12.7. The standard InChI is InChI=1S/C54H104O6/c1-5-8-10-12-14-16-18-25-29-33-37-41-45-52(55)58-48-51(60-54(57)47-43-39-35-31-26-19-17-15-13-11-9-6-2)49-59-53(56)46-42-38-34-30-27-23-21-20-22-24-28-32-36-40-44-50(4)7-3/h50-51H,5-49H2,1-4H3/t50?,51-/m1/s1. The zero-order chi connectivity index (χ0) is 43.8. The van der Waals surface area contributed by atoms with Crippen LogP contribution in [0.25, 0.3) is 0 Å². The van der Waals surface area contributed by atoms with Gasteiger partial charge < -0.3 is 14.2 Å². The Labute approximate surface area is 374 Å². The molecule has 0 saturated heterocycles. The van der Waals surface area contributed by atoms with Crippen LogP contribution in [0.4, 0.5) is 0 Å². The number of unbranched alkanes of at least 4 members (excludes halogenated alkanes) is 35. The van der Waals surface area contributed by atoms with Crippen molar-refractivity contribution in [2.75, 3.05) is 13.2 Å². The summed E-state index contributed by atoms with van der Waals surface area (Å²) < 4.78 is 16.8. The molecule has 6 nitrogen and oxygen atoms in total. The molecule has 2 atom stereocenters. The van der Waals surface area contributed by atoms with E-state index in [2.05, 4.69) is 27.7 Å². The van der Waals surface area contributed by atoms with Crippen LogP contribution in [0.5, 0.6) is 0 Å². The summed E-state index contributed by atoms with van der Waals surface area (Å²) in [6.45, 7) is 9.07. The summed E-state index contributed by atoms with van der Waals surface area (Å²) in [4.78, 5) is 38.0. The zero-order valence-corrected chi connectivity index (χ0v) is 40.9. The predicted octanol–water partition coefficient (Wildman–Crippen LogP) is 17.5. The lowest BCUT2D eigenvalue weighted by Gasteiger charge is -2.18. The van der Waals surface area contributed by atoms with E-state index in [1.807, 2.05) is 0 Å². The first-order chi connectivity index (χ1) is 29.4. The van der Waals surface area contributed by atoms with Crippen molar-refractivity contribution >= 4 is 17.9 Å². The van der Waals surface area contributed by atoms with Gasteiger partial charge in [0.2, 0.25) is 0 Å². The summed E-state index contributed by atoms with van der Waals surface area (Å²) in [5.41, 5.74) is 0. The molecule has 0 aliphatic rings. The second-order valence-corrected chi connectivity index (χ2v) is 18.8. The van der Waals surface area contributed by atoms with Crippen LogP contribution >= 0.6 is 0 Å². The number of carbonyl (C=O) groups is 3. The van der Waals surface area contributed by atoms with Crippen molar-refractivity contribution in [3.63, 3.8) is 0 Å². The lowest BCUT2D eigenvalue weighted by molar-refractivity contribution is -0.167. The summed E-state index contributed by atoms with van der Waals surface area (Å²) in [7, 11) is 0.